The minimum Gasteiger partial charge on any atom is -0.342 e. The maximum atomic E-state index is 12.5. The van der Waals surface area contributed by atoms with E-state index < -0.39 is 0 Å². The van der Waals surface area contributed by atoms with Crippen molar-refractivity contribution in [2.75, 3.05) is 39.8 Å². The van der Waals surface area contributed by atoms with Gasteiger partial charge in [0.1, 0.15) is 0 Å². The van der Waals surface area contributed by atoms with Gasteiger partial charge in [-0.1, -0.05) is 19.3 Å². The predicted molar refractivity (Wildman–Crippen MR) is 94.6 cm³/mol. The monoisotopic (exact) mass is 335 g/mol. The molecule has 5 heteroatoms. The molecule has 0 aromatic heterocycles. The second kappa shape index (κ2) is 8.32. The molecule has 3 aliphatic rings. The van der Waals surface area contributed by atoms with Gasteiger partial charge in [-0.2, -0.15) is 0 Å². The smallest absolute Gasteiger partial charge is 0.236 e. The fourth-order valence-corrected chi connectivity index (χ4v) is 4.51. The number of amides is 2. The molecule has 0 atom stereocenters. The van der Waals surface area contributed by atoms with E-state index in [1.165, 1.54) is 19.3 Å². The van der Waals surface area contributed by atoms with Crippen LogP contribution < -0.4 is 0 Å². The maximum Gasteiger partial charge on any atom is 0.236 e. The Morgan fingerprint density at radius 1 is 0.875 bits per heavy atom. The normalized spacial score (nSPS) is 24.3. The van der Waals surface area contributed by atoms with Crippen molar-refractivity contribution >= 4 is 11.8 Å². The van der Waals surface area contributed by atoms with Gasteiger partial charge < -0.3 is 9.80 Å². The van der Waals surface area contributed by atoms with Crippen molar-refractivity contribution in [2.24, 2.45) is 5.92 Å². The molecule has 1 aliphatic carbocycles. The maximum absolute atomic E-state index is 12.5. The summed E-state index contributed by atoms with van der Waals surface area (Å²) < 4.78 is 0. The molecule has 2 aliphatic heterocycles. The van der Waals surface area contributed by atoms with Crippen LogP contribution in [0.2, 0.25) is 0 Å². The number of carbonyl (C=O) groups is 2. The average molecular weight is 335 g/mol. The quantitative estimate of drug-likeness (QED) is 0.790. The third kappa shape index (κ3) is 4.29. The van der Waals surface area contributed by atoms with Crippen LogP contribution in [0.15, 0.2) is 0 Å². The van der Waals surface area contributed by atoms with Gasteiger partial charge in [0.2, 0.25) is 11.8 Å². The molecule has 2 amide bonds. The lowest BCUT2D eigenvalue weighted by Crippen LogP contribution is -2.47. The molecular formula is C19H33N3O2. The first-order chi connectivity index (χ1) is 11.6. The van der Waals surface area contributed by atoms with Gasteiger partial charge in [-0.15, -0.1) is 0 Å². The summed E-state index contributed by atoms with van der Waals surface area (Å²) >= 11 is 0. The summed E-state index contributed by atoms with van der Waals surface area (Å²) in [5.41, 5.74) is 0. The highest BCUT2D eigenvalue weighted by Gasteiger charge is 2.31. The van der Waals surface area contributed by atoms with E-state index in [9.17, 15) is 9.59 Å². The summed E-state index contributed by atoms with van der Waals surface area (Å²) in [6.07, 6.45) is 10.3. The molecule has 0 unspecified atom stereocenters. The number of nitrogens with zero attached hydrogens (tertiary/aromatic N) is 3. The van der Waals surface area contributed by atoms with Crippen LogP contribution in [0.1, 0.15) is 57.8 Å². The minimum atomic E-state index is 0.186. The molecule has 0 bridgehead atoms. The van der Waals surface area contributed by atoms with Crippen molar-refractivity contribution in [1.82, 2.24) is 14.7 Å². The summed E-state index contributed by atoms with van der Waals surface area (Å²) in [5, 5.41) is 0. The molecule has 2 saturated heterocycles. The number of likely N-dealkylation sites (N-methyl/N-ethyl adjacent to an activating group) is 1. The number of likely N-dealkylation sites (tertiary alicyclic amines) is 2. The van der Waals surface area contributed by atoms with Gasteiger partial charge in [-0.25, -0.2) is 0 Å². The minimum absolute atomic E-state index is 0.186. The summed E-state index contributed by atoms with van der Waals surface area (Å²) in [6.45, 7) is 4.19. The van der Waals surface area contributed by atoms with Gasteiger partial charge in [-0.3, -0.25) is 14.5 Å². The van der Waals surface area contributed by atoms with Gasteiger partial charge in [0.25, 0.3) is 0 Å². The first-order valence-corrected chi connectivity index (χ1v) is 9.92. The van der Waals surface area contributed by atoms with Crippen LogP contribution in [-0.2, 0) is 9.59 Å². The van der Waals surface area contributed by atoms with Crippen LogP contribution in [0, 0.1) is 5.92 Å². The average Bonchev–Trinajstić information content (AvgIpc) is 3.16. The second-order valence-electron chi connectivity index (χ2n) is 7.88. The molecule has 136 valence electrons. The van der Waals surface area contributed by atoms with Crippen molar-refractivity contribution < 1.29 is 9.59 Å². The largest absolute Gasteiger partial charge is 0.342 e. The van der Waals surface area contributed by atoms with E-state index in [0.717, 1.165) is 64.7 Å². The molecule has 1 saturated carbocycles. The standard InChI is InChI=1S/C19H33N3O2/c1-20(17-7-3-2-4-8-17)18(23)15-21-13-9-16(10-14-21)19(24)22-11-5-6-12-22/h16-17H,2-15H2,1H3. The number of carbonyl (C=O) groups excluding carboxylic acids is 2. The van der Waals surface area contributed by atoms with Crippen LogP contribution in [0.3, 0.4) is 0 Å². The van der Waals surface area contributed by atoms with E-state index in [2.05, 4.69) is 4.90 Å². The first kappa shape index (κ1) is 17.7. The highest BCUT2D eigenvalue weighted by molar-refractivity contribution is 5.80. The molecule has 0 N–H and O–H groups in total. The third-order valence-electron chi connectivity index (χ3n) is 6.23. The zero-order valence-electron chi connectivity index (χ0n) is 15.2. The van der Waals surface area contributed by atoms with Crippen molar-refractivity contribution in [3.05, 3.63) is 0 Å². The Kier molecular flexibility index (Phi) is 6.14. The summed E-state index contributed by atoms with van der Waals surface area (Å²) in [6, 6.07) is 0.445. The molecule has 5 nitrogen and oxygen atoms in total. The van der Waals surface area contributed by atoms with Crippen LogP contribution in [0.25, 0.3) is 0 Å². The molecule has 0 radical (unpaired) electrons. The Balaban J connectivity index is 1.41. The van der Waals surface area contributed by atoms with Crippen LogP contribution in [0.4, 0.5) is 0 Å². The van der Waals surface area contributed by atoms with Gasteiger partial charge in [0.05, 0.1) is 6.54 Å². The van der Waals surface area contributed by atoms with Gasteiger partial charge in [0, 0.05) is 32.1 Å². The molecule has 24 heavy (non-hydrogen) atoms. The molecule has 2 heterocycles. The predicted octanol–water partition coefficient (Wildman–Crippen LogP) is 2.11. The van der Waals surface area contributed by atoms with Crippen LogP contribution >= 0.6 is 0 Å². The summed E-state index contributed by atoms with van der Waals surface area (Å²) in [4.78, 5) is 31.3. The Bertz CT molecular complexity index is 434. The fourth-order valence-electron chi connectivity index (χ4n) is 4.51. The molecule has 0 spiro atoms. The third-order valence-corrected chi connectivity index (χ3v) is 6.23. The summed E-state index contributed by atoms with van der Waals surface area (Å²) in [7, 11) is 1.97. The number of piperidine rings is 1. The molecule has 0 aromatic rings. The van der Waals surface area contributed by atoms with E-state index in [-0.39, 0.29) is 11.8 Å². The molecule has 3 rings (SSSR count). The van der Waals surface area contributed by atoms with E-state index in [0.29, 0.717) is 18.5 Å². The SMILES string of the molecule is CN(C(=O)CN1CCC(C(=O)N2CCCC2)CC1)C1CCCCC1. The summed E-state index contributed by atoms with van der Waals surface area (Å²) in [5.74, 6) is 0.801. The zero-order chi connectivity index (χ0) is 16.9. The molecule has 3 fully saturated rings. The van der Waals surface area contributed by atoms with E-state index in [1.807, 2.05) is 16.8 Å². The van der Waals surface area contributed by atoms with Gasteiger partial charge >= 0.3 is 0 Å². The van der Waals surface area contributed by atoms with E-state index in [4.69, 9.17) is 0 Å². The lowest BCUT2D eigenvalue weighted by atomic mass is 9.94. The highest BCUT2D eigenvalue weighted by Crippen LogP contribution is 2.24. The van der Waals surface area contributed by atoms with Crippen molar-refractivity contribution in [3.8, 4) is 0 Å². The van der Waals surface area contributed by atoms with E-state index >= 15 is 0 Å². The number of hydrogen-bond donors (Lipinski definition) is 0. The second-order valence-corrected chi connectivity index (χ2v) is 7.88. The van der Waals surface area contributed by atoms with Gasteiger partial charge in [-0.05, 0) is 51.6 Å². The molecule has 0 aromatic carbocycles. The van der Waals surface area contributed by atoms with Crippen molar-refractivity contribution in [3.63, 3.8) is 0 Å². The van der Waals surface area contributed by atoms with Gasteiger partial charge in [0.15, 0.2) is 0 Å². The highest BCUT2D eigenvalue weighted by atomic mass is 16.2. The van der Waals surface area contributed by atoms with E-state index in [1.54, 1.807) is 0 Å². The Morgan fingerprint density at radius 2 is 1.50 bits per heavy atom. The number of rotatable bonds is 4. The Hall–Kier alpha value is -1.10. The number of hydrogen-bond acceptors (Lipinski definition) is 3. The lowest BCUT2D eigenvalue weighted by Gasteiger charge is -2.36. The van der Waals surface area contributed by atoms with Crippen LogP contribution in [0.5, 0.6) is 0 Å². The van der Waals surface area contributed by atoms with Crippen molar-refractivity contribution in [1.29, 1.82) is 0 Å². The Labute approximate surface area is 146 Å². The Morgan fingerprint density at radius 3 is 2.12 bits per heavy atom. The fraction of sp³-hybridized carbons (Fsp3) is 0.895. The zero-order valence-corrected chi connectivity index (χ0v) is 15.2. The topological polar surface area (TPSA) is 43.9 Å². The first-order valence-electron chi connectivity index (χ1n) is 9.92. The lowest BCUT2D eigenvalue weighted by molar-refractivity contribution is -0.137. The molecular weight excluding hydrogens is 302 g/mol. The van der Waals surface area contributed by atoms with Crippen molar-refractivity contribution in [2.45, 2.75) is 63.8 Å². The van der Waals surface area contributed by atoms with Crippen LogP contribution in [-0.4, -0.2) is 72.3 Å².